The van der Waals surface area contributed by atoms with Gasteiger partial charge in [0, 0.05) is 5.56 Å². The van der Waals surface area contributed by atoms with Crippen LogP contribution in [0.5, 0.6) is 0 Å². The molecule has 0 heterocycles. The minimum atomic E-state index is -2.00. The van der Waals surface area contributed by atoms with Gasteiger partial charge in [0.2, 0.25) is 0 Å². The maximum absolute atomic E-state index is 12.9. The molecule has 1 aliphatic carbocycles. The molecule has 1 unspecified atom stereocenters. The highest BCUT2D eigenvalue weighted by Gasteiger charge is 2.38. The van der Waals surface area contributed by atoms with Crippen molar-refractivity contribution in [3.8, 4) is 11.1 Å². The van der Waals surface area contributed by atoms with Crippen LogP contribution in [0.15, 0.2) is 115 Å². The molecule has 4 nitrogen and oxygen atoms in total. The van der Waals surface area contributed by atoms with Crippen LogP contribution in [0.25, 0.3) is 11.1 Å². The van der Waals surface area contributed by atoms with E-state index in [0.29, 0.717) is 29.3 Å². The van der Waals surface area contributed by atoms with E-state index in [1.54, 1.807) is 48.5 Å². The average Bonchev–Trinajstić information content (AvgIpc) is 2.98. The molecule has 1 atom stereocenters. The molecule has 0 aliphatic heterocycles. The Morgan fingerprint density at radius 3 is 1.78 bits per heavy atom. The Bertz CT molecular complexity index is 1300. The van der Waals surface area contributed by atoms with Crippen molar-refractivity contribution in [3.63, 3.8) is 0 Å². The van der Waals surface area contributed by atoms with E-state index in [4.69, 9.17) is 0 Å². The molecule has 0 saturated heterocycles. The second-order valence-corrected chi connectivity index (χ2v) is 10.6. The van der Waals surface area contributed by atoms with Crippen molar-refractivity contribution in [1.82, 2.24) is 0 Å². The number of ketones is 1. The summed E-state index contributed by atoms with van der Waals surface area (Å²) >= 11 is 0. The Kier molecular flexibility index (Phi) is 8.90. The molecule has 5 heteroatoms. The van der Waals surface area contributed by atoms with E-state index in [-0.39, 0.29) is 11.3 Å². The highest BCUT2D eigenvalue weighted by Crippen LogP contribution is 2.34. The second-order valence-electron chi connectivity index (χ2n) is 9.13. The molecule has 1 fully saturated rings. The molecule has 0 radical (unpaired) electrons. The van der Waals surface area contributed by atoms with E-state index in [0.717, 1.165) is 30.4 Å². The number of hydrogen-bond donors (Lipinski definition) is 1. The fourth-order valence-corrected chi connectivity index (χ4v) is 5.60. The van der Waals surface area contributed by atoms with Gasteiger partial charge in [-0.15, -0.1) is 0 Å². The summed E-state index contributed by atoms with van der Waals surface area (Å²) in [5, 5.41) is 11.3. The van der Waals surface area contributed by atoms with Gasteiger partial charge in [-0.25, -0.2) is 4.79 Å². The number of benzene rings is 4. The van der Waals surface area contributed by atoms with Crippen molar-refractivity contribution in [2.45, 2.75) is 37.7 Å². The zero-order valence-electron chi connectivity index (χ0n) is 20.6. The van der Waals surface area contributed by atoms with Gasteiger partial charge in [0.25, 0.3) is 0 Å². The molecular formula is C32H30O4P+. The monoisotopic (exact) mass is 509 g/mol. The third kappa shape index (κ3) is 6.54. The first-order valence-corrected chi connectivity index (χ1v) is 13.8. The molecule has 0 aromatic heterocycles. The van der Waals surface area contributed by atoms with Gasteiger partial charge < -0.3 is 5.11 Å². The molecule has 1 N–H and O–H groups in total. The molecule has 4 aromatic rings. The van der Waals surface area contributed by atoms with E-state index in [1.807, 2.05) is 66.7 Å². The van der Waals surface area contributed by atoms with Gasteiger partial charge in [-0.05, 0) is 48.2 Å². The van der Waals surface area contributed by atoms with Crippen LogP contribution >= 0.6 is 7.80 Å². The number of hydrogen-bond acceptors (Lipinski definition) is 4. The quantitative estimate of drug-likeness (QED) is 0.220. The van der Waals surface area contributed by atoms with Gasteiger partial charge in [-0.3, -0.25) is 4.79 Å². The number of carbonyl (C=O) groups is 2. The van der Waals surface area contributed by atoms with Gasteiger partial charge in [-0.2, -0.15) is 0 Å². The van der Waals surface area contributed by atoms with Crippen LogP contribution < -0.4 is 5.30 Å². The summed E-state index contributed by atoms with van der Waals surface area (Å²) in [7, 11) is -2.00. The number of carbonyl (C=O) groups excluding carboxylic acids is 2. The minimum Gasteiger partial charge on any atom is -0.382 e. The van der Waals surface area contributed by atoms with Gasteiger partial charge >= 0.3 is 13.3 Å². The first-order valence-electron chi connectivity index (χ1n) is 12.5. The standard InChI is InChI=1S/C19H20O2.C13H10O2P/c20-18(19(21)13-7-2-8-14-19)17-12-6-5-11-16(17)15-9-3-1-4-10-15;14-13(11-7-3-1-4-8-11)16(15)12-9-5-2-6-10-12/h1,3-6,9-12,21H,2,7-8,13-14H2;1-10H/q;+1. The summed E-state index contributed by atoms with van der Waals surface area (Å²) in [5.41, 5.74) is 1.55. The predicted octanol–water partition coefficient (Wildman–Crippen LogP) is 7.21. The van der Waals surface area contributed by atoms with E-state index in [2.05, 4.69) is 0 Å². The fraction of sp³-hybridized carbons (Fsp3) is 0.188. The summed E-state index contributed by atoms with van der Waals surface area (Å²) < 4.78 is 11.9. The molecule has 0 bridgehead atoms. The summed E-state index contributed by atoms with van der Waals surface area (Å²) in [6.45, 7) is 0. The zero-order chi connectivity index (χ0) is 26.1. The van der Waals surface area contributed by atoms with Crippen LogP contribution in [0.1, 0.15) is 52.8 Å². The normalized spacial score (nSPS) is 14.6. The molecule has 1 saturated carbocycles. The zero-order valence-corrected chi connectivity index (χ0v) is 21.5. The molecule has 0 amide bonds. The Morgan fingerprint density at radius 2 is 1.16 bits per heavy atom. The number of rotatable bonds is 6. The minimum absolute atomic E-state index is 0.123. The van der Waals surface area contributed by atoms with Gasteiger partial charge in [-0.1, -0.05) is 115 Å². The van der Waals surface area contributed by atoms with Gasteiger partial charge in [0.05, 0.1) is 5.56 Å². The Balaban J connectivity index is 0.000000180. The van der Waals surface area contributed by atoms with Crippen molar-refractivity contribution < 1.29 is 19.3 Å². The topological polar surface area (TPSA) is 71.4 Å². The van der Waals surface area contributed by atoms with Crippen LogP contribution in [0.2, 0.25) is 0 Å². The first-order chi connectivity index (χ1) is 18.0. The van der Waals surface area contributed by atoms with Crippen molar-refractivity contribution in [2.75, 3.05) is 0 Å². The van der Waals surface area contributed by atoms with E-state index in [1.165, 1.54) is 0 Å². The first kappa shape index (κ1) is 26.3. The largest absolute Gasteiger partial charge is 0.458 e. The molecular weight excluding hydrogens is 479 g/mol. The highest BCUT2D eigenvalue weighted by molar-refractivity contribution is 7.71. The molecule has 4 aromatic carbocycles. The van der Waals surface area contributed by atoms with Crippen LogP contribution in [0.3, 0.4) is 0 Å². The Morgan fingerprint density at radius 1 is 0.649 bits per heavy atom. The maximum Gasteiger partial charge on any atom is 0.458 e. The lowest BCUT2D eigenvalue weighted by Gasteiger charge is -2.31. The van der Waals surface area contributed by atoms with Crippen molar-refractivity contribution in [3.05, 3.63) is 126 Å². The Hall–Kier alpha value is -3.72. The molecule has 186 valence electrons. The maximum atomic E-state index is 12.9. The van der Waals surface area contributed by atoms with Crippen LogP contribution in [-0.4, -0.2) is 22.0 Å². The predicted molar refractivity (Wildman–Crippen MR) is 149 cm³/mol. The molecule has 0 spiro atoms. The smallest absolute Gasteiger partial charge is 0.382 e. The van der Waals surface area contributed by atoms with Gasteiger partial charge in [0.15, 0.2) is 11.1 Å². The van der Waals surface area contributed by atoms with Crippen LogP contribution in [-0.2, 0) is 4.57 Å². The lowest BCUT2D eigenvalue weighted by Crippen LogP contribution is -2.40. The van der Waals surface area contributed by atoms with E-state index in [9.17, 15) is 19.3 Å². The average molecular weight is 510 g/mol. The lowest BCUT2D eigenvalue weighted by atomic mass is 9.78. The fourth-order valence-electron chi connectivity index (χ4n) is 4.54. The van der Waals surface area contributed by atoms with Crippen molar-refractivity contribution in [2.24, 2.45) is 0 Å². The SMILES string of the molecule is O=C(c1ccccc1)[P+](=O)c1ccccc1.O=C(c1ccccc1-c1ccccc1)C1(O)CCCCC1. The van der Waals surface area contributed by atoms with E-state index >= 15 is 0 Å². The third-order valence-corrected chi connectivity index (χ3v) is 7.95. The number of aliphatic hydroxyl groups is 1. The highest BCUT2D eigenvalue weighted by atomic mass is 31.1. The Labute approximate surface area is 218 Å². The van der Waals surface area contributed by atoms with Gasteiger partial charge in [0.1, 0.15) is 5.60 Å². The lowest BCUT2D eigenvalue weighted by molar-refractivity contribution is 0.0117. The molecule has 37 heavy (non-hydrogen) atoms. The van der Waals surface area contributed by atoms with Crippen LogP contribution in [0, 0.1) is 0 Å². The van der Waals surface area contributed by atoms with Crippen molar-refractivity contribution >= 4 is 24.4 Å². The third-order valence-electron chi connectivity index (χ3n) is 6.56. The van der Waals surface area contributed by atoms with Crippen LogP contribution in [0.4, 0.5) is 0 Å². The second kappa shape index (κ2) is 12.5. The molecule has 5 rings (SSSR count). The number of Topliss-reactive ketones (excluding diaryl/α,β-unsaturated/α-hetero) is 1. The van der Waals surface area contributed by atoms with Crippen molar-refractivity contribution in [1.29, 1.82) is 0 Å². The summed E-state index contributed by atoms with van der Waals surface area (Å²) in [5.74, 6) is -0.123. The summed E-state index contributed by atoms with van der Waals surface area (Å²) in [6, 6.07) is 35.0. The summed E-state index contributed by atoms with van der Waals surface area (Å²) in [6.07, 6.45) is 4.12. The van der Waals surface area contributed by atoms with E-state index < -0.39 is 13.4 Å². The summed E-state index contributed by atoms with van der Waals surface area (Å²) in [4.78, 5) is 24.7. The molecule has 1 aliphatic rings.